The molecule has 242 valence electrons. The number of anilines is 1. The van der Waals surface area contributed by atoms with Gasteiger partial charge in [0, 0.05) is 74.2 Å². The van der Waals surface area contributed by atoms with E-state index < -0.39 is 5.97 Å². The Kier molecular flexibility index (Phi) is 8.28. The lowest BCUT2D eigenvalue weighted by molar-refractivity contribution is -0.0656. The summed E-state index contributed by atoms with van der Waals surface area (Å²) < 4.78 is 6.13. The van der Waals surface area contributed by atoms with Crippen molar-refractivity contribution in [2.24, 2.45) is 5.41 Å². The van der Waals surface area contributed by atoms with E-state index in [-0.39, 0.29) is 5.56 Å². The van der Waals surface area contributed by atoms with E-state index in [1.807, 2.05) is 30.5 Å². The standard InChI is InChI=1S/C38H47N5O3/c1-25(2)31-7-5-6-8-32(31)34-24-42(26(3)4)17-18-43(34)29-21-38(22-29)12-15-41(16-13-38)28-9-10-33(37(44)45)35(20-28)46-30-19-27-11-14-39-36(27)40-23-30/h5-11,14,19-20,23,25-26,29,34H,12-13,15-18,21-22,24H2,1-4H3,(H,39,40)(H,44,45). The number of piperidine rings is 1. The van der Waals surface area contributed by atoms with Crippen LogP contribution >= 0.6 is 0 Å². The number of pyridine rings is 1. The van der Waals surface area contributed by atoms with Crippen molar-refractivity contribution in [3.05, 3.63) is 83.7 Å². The number of hydrogen-bond acceptors (Lipinski definition) is 6. The Morgan fingerprint density at radius 2 is 1.78 bits per heavy atom. The Balaban J connectivity index is 1.03. The third kappa shape index (κ3) is 5.89. The topological polar surface area (TPSA) is 84.9 Å². The first-order valence-electron chi connectivity index (χ1n) is 17.0. The van der Waals surface area contributed by atoms with Crippen molar-refractivity contribution in [1.82, 2.24) is 19.8 Å². The average molecular weight is 622 g/mol. The molecule has 1 atom stereocenters. The highest BCUT2D eigenvalue weighted by Crippen LogP contribution is 2.53. The molecule has 4 aromatic rings. The normalized spacial score (nSPS) is 20.9. The van der Waals surface area contributed by atoms with Crippen molar-refractivity contribution < 1.29 is 14.6 Å². The molecule has 1 unspecified atom stereocenters. The number of rotatable bonds is 8. The Morgan fingerprint density at radius 1 is 1.00 bits per heavy atom. The van der Waals surface area contributed by atoms with Crippen LogP contribution in [-0.4, -0.2) is 75.7 Å². The lowest BCUT2D eigenvalue weighted by Gasteiger charge is -2.58. The number of aromatic nitrogens is 2. The summed E-state index contributed by atoms with van der Waals surface area (Å²) >= 11 is 0. The molecule has 8 heteroatoms. The predicted octanol–water partition coefficient (Wildman–Crippen LogP) is 7.69. The third-order valence-corrected chi connectivity index (χ3v) is 11.0. The van der Waals surface area contributed by atoms with Crippen LogP contribution < -0.4 is 9.64 Å². The van der Waals surface area contributed by atoms with Gasteiger partial charge in [-0.15, -0.1) is 0 Å². The molecule has 3 aliphatic rings. The molecule has 2 aromatic carbocycles. The molecular weight excluding hydrogens is 574 g/mol. The summed E-state index contributed by atoms with van der Waals surface area (Å²) in [5.74, 6) is 0.380. The van der Waals surface area contributed by atoms with E-state index in [0.717, 1.165) is 62.3 Å². The molecule has 2 aliphatic heterocycles. The van der Waals surface area contributed by atoms with Crippen molar-refractivity contribution in [3.8, 4) is 11.5 Å². The van der Waals surface area contributed by atoms with E-state index in [0.29, 0.717) is 41.0 Å². The maximum atomic E-state index is 12.1. The first kappa shape index (κ1) is 30.8. The molecule has 1 aliphatic carbocycles. The Bertz CT molecular complexity index is 1700. The van der Waals surface area contributed by atoms with E-state index in [2.05, 4.69) is 76.6 Å². The van der Waals surface area contributed by atoms with Crippen LogP contribution in [0.1, 0.15) is 86.8 Å². The lowest BCUT2D eigenvalue weighted by atomic mass is 9.59. The van der Waals surface area contributed by atoms with E-state index in [1.165, 1.54) is 24.0 Å². The van der Waals surface area contributed by atoms with Crippen molar-refractivity contribution in [3.63, 3.8) is 0 Å². The fraction of sp³-hybridized carbons (Fsp3) is 0.474. The SMILES string of the molecule is CC(C)c1ccccc1C1CN(C(C)C)CCN1C1CC2(CCN(c3ccc(C(=O)O)c(Oc4cnc5[nH]ccc5c4)c3)CC2)C1. The summed E-state index contributed by atoms with van der Waals surface area (Å²) in [5.41, 5.74) is 5.34. The summed E-state index contributed by atoms with van der Waals surface area (Å²) in [6.45, 7) is 14.6. The Hall–Kier alpha value is -3.88. The minimum atomic E-state index is -1.00. The van der Waals surface area contributed by atoms with Crippen LogP contribution in [0.15, 0.2) is 67.0 Å². The molecule has 7 rings (SSSR count). The summed E-state index contributed by atoms with van der Waals surface area (Å²) in [7, 11) is 0. The van der Waals surface area contributed by atoms with Gasteiger partial charge < -0.3 is 19.7 Å². The number of carbonyl (C=O) groups is 1. The number of benzene rings is 2. The number of hydrogen-bond donors (Lipinski definition) is 2. The second-order valence-electron chi connectivity index (χ2n) is 14.3. The zero-order chi connectivity index (χ0) is 32.0. The van der Waals surface area contributed by atoms with Crippen LogP contribution in [0.3, 0.4) is 0 Å². The fourth-order valence-electron chi connectivity index (χ4n) is 8.23. The quantitative estimate of drug-likeness (QED) is 0.209. The molecule has 0 bridgehead atoms. The number of fused-ring (bicyclic) bond motifs is 1. The smallest absolute Gasteiger partial charge is 0.339 e. The van der Waals surface area contributed by atoms with E-state index in [4.69, 9.17) is 4.74 Å². The molecule has 1 saturated carbocycles. The van der Waals surface area contributed by atoms with Gasteiger partial charge >= 0.3 is 5.97 Å². The van der Waals surface area contributed by atoms with Gasteiger partial charge in [0.2, 0.25) is 0 Å². The van der Waals surface area contributed by atoms with Gasteiger partial charge in [0.25, 0.3) is 0 Å². The van der Waals surface area contributed by atoms with Gasteiger partial charge in [-0.05, 0) is 86.3 Å². The number of carboxylic acids is 1. The number of ether oxygens (including phenoxy) is 1. The third-order valence-electron chi connectivity index (χ3n) is 11.0. The van der Waals surface area contributed by atoms with Gasteiger partial charge in [-0.1, -0.05) is 38.1 Å². The first-order valence-corrected chi connectivity index (χ1v) is 17.0. The second-order valence-corrected chi connectivity index (χ2v) is 14.3. The number of nitrogens with one attached hydrogen (secondary N) is 1. The number of carboxylic acid groups (broad SMARTS) is 1. The molecule has 4 heterocycles. The van der Waals surface area contributed by atoms with Crippen molar-refractivity contribution in [1.29, 1.82) is 0 Å². The number of nitrogens with zero attached hydrogens (tertiary/aromatic N) is 4. The highest BCUT2D eigenvalue weighted by molar-refractivity contribution is 5.92. The van der Waals surface area contributed by atoms with Crippen LogP contribution in [0, 0.1) is 5.41 Å². The maximum absolute atomic E-state index is 12.1. The molecular formula is C38H47N5O3. The molecule has 0 amide bonds. The summed E-state index contributed by atoms with van der Waals surface area (Å²) in [5, 5.41) is 10.8. The molecule has 0 radical (unpaired) electrons. The highest BCUT2D eigenvalue weighted by atomic mass is 16.5. The molecule has 8 nitrogen and oxygen atoms in total. The van der Waals surface area contributed by atoms with Gasteiger partial charge in [0.15, 0.2) is 0 Å². The molecule has 2 aromatic heterocycles. The van der Waals surface area contributed by atoms with E-state index >= 15 is 0 Å². The minimum absolute atomic E-state index is 0.152. The number of piperazine rings is 1. The van der Waals surface area contributed by atoms with Crippen LogP contribution in [-0.2, 0) is 0 Å². The average Bonchev–Trinajstić information content (AvgIpc) is 3.51. The fourth-order valence-corrected chi connectivity index (χ4v) is 8.23. The molecule has 2 N–H and O–H groups in total. The first-order chi connectivity index (χ1) is 22.2. The number of aromatic amines is 1. The van der Waals surface area contributed by atoms with Gasteiger partial charge in [-0.2, -0.15) is 0 Å². The minimum Gasteiger partial charge on any atom is -0.478 e. The van der Waals surface area contributed by atoms with Gasteiger partial charge in [-0.25, -0.2) is 9.78 Å². The lowest BCUT2D eigenvalue weighted by Crippen LogP contribution is -2.60. The number of aromatic carboxylic acids is 1. The van der Waals surface area contributed by atoms with Gasteiger partial charge in [0.05, 0.1) is 6.20 Å². The maximum Gasteiger partial charge on any atom is 0.339 e. The van der Waals surface area contributed by atoms with Crippen LogP contribution in [0.2, 0.25) is 0 Å². The monoisotopic (exact) mass is 621 g/mol. The highest BCUT2D eigenvalue weighted by Gasteiger charge is 2.50. The van der Waals surface area contributed by atoms with Crippen LogP contribution in [0.25, 0.3) is 11.0 Å². The van der Waals surface area contributed by atoms with Gasteiger partial charge in [0.1, 0.15) is 22.7 Å². The van der Waals surface area contributed by atoms with Crippen molar-refractivity contribution >= 4 is 22.7 Å². The zero-order valence-electron chi connectivity index (χ0n) is 27.6. The Morgan fingerprint density at radius 3 is 2.52 bits per heavy atom. The van der Waals surface area contributed by atoms with Crippen LogP contribution in [0.4, 0.5) is 5.69 Å². The summed E-state index contributed by atoms with van der Waals surface area (Å²) in [4.78, 5) is 27.4. The van der Waals surface area contributed by atoms with Gasteiger partial charge in [-0.3, -0.25) is 9.80 Å². The van der Waals surface area contributed by atoms with Crippen molar-refractivity contribution in [2.45, 2.75) is 77.4 Å². The zero-order valence-corrected chi connectivity index (χ0v) is 27.6. The molecule has 1 spiro atoms. The Labute approximate surface area is 272 Å². The van der Waals surface area contributed by atoms with Crippen LogP contribution in [0.5, 0.6) is 11.5 Å². The number of H-pyrrole nitrogens is 1. The summed E-state index contributed by atoms with van der Waals surface area (Å²) in [6.07, 6.45) is 8.31. The predicted molar refractivity (Wildman–Crippen MR) is 183 cm³/mol. The largest absolute Gasteiger partial charge is 0.478 e. The molecule has 3 fully saturated rings. The second kappa shape index (κ2) is 12.4. The van der Waals surface area contributed by atoms with E-state index in [9.17, 15) is 9.90 Å². The van der Waals surface area contributed by atoms with Crippen molar-refractivity contribution in [2.75, 3.05) is 37.6 Å². The van der Waals surface area contributed by atoms with E-state index in [1.54, 1.807) is 12.3 Å². The summed E-state index contributed by atoms with van der Waals surface area (Å²) in [6, 6.07) is 20.1. The molecule has 46 heavy (non-hydrogen) atoms. The molecule has 2 saturated heterocycles.